The molecule has 0 spiro atoms. The van der Waals surface area contributed by atoms with Crippen molar-refractivity contribution in [3.05, 3.63) is 58.7 Å². The molecule has 112 valence electrons. The average molecular weight is 325 g/mol. The SMILES string of the molecule is Cc1cccc(COc2cc(C)c(S(=O)(=O)Cl)cc2C)c1. The second-order valence-electron chi connectivity index (χ2n) is 5.10. The topological polar surface area (TPSA) is 43.4 Å². The van der Waals surface area contributed by atoms with E-state index in [0.29, 0.717) is 17.9 Å². The summed E-state index contributed by atoms with van der Waals surface area (Å²) < 4.78 is 28.7. The zero-order valence-electron chi connectivity index (χ0n) is 12.2. The van der Waals surface area contributed by atoms with Gasteiger partial charge in [0.2, 0.25) is 0 Å². The van der Waals surface area contributed by atoms with Crippen LogP contribution in [0.1, 0.15) is 22.3 Å². The molecule has 0 saturated carbocycles. The van der Waals surface area contributed by atoms with Gasteiger partial charge in [0.05, 0.1) is 4.90 Å². The predicted octanol–water partition coefficient (Wildman–Crippen LogP) is 4.12. The Bertz CT molecular complexity index is 767. The molecular formula is C16H17ClO3S. The number of rotatable bonds is 4. The van der Waals surface area contributed by atoms with Crippen LogP contribution < -0.4 is 4.74 Å². The van der Waals surface area contributed by atoms with Crippen molar-refractivity contribution < 1.29 is 13.2 Å². The van der Waals surface area contributed by atoms with Crippen LogP contribution in [0.3, 0.4) is 0 Å². The third kappa shape index (κ3) is 3.99. The van der Waals surface area contributed by atoms with Gasteiger partial charge in [-0.15, -0.1) is 0 Å². The molecule has 0 aromatic heterocycles. The van der Waals surface area contributed by atoms with Crippen molar-refractivity contribution in [3.63, 3.8) is 0 Å². The molecule has 3 nitrogen and oxygen atoms in total. The van der Waals surface area contributed by atoms with E-state index in [0.717, 1.165) is 11.1 Å². The number of benzene rings is 2. The number of aryl methyl sites for hydroxylation is 3. The molecule has 21 heavy (non-hydrogen) atoms. The lowest BCUT2D eigenvalue weighted by Gasteiger charge is -2.12. The Labute approximate surface area is 129 Å². The largest absolute Gasteiger partial charge is 0.489 e. The second-order valence-corrected chi connectivity index (χ2v) is 7.63. The van der Waals surface area contributed by atoms with Crippen molar-refractivity contribution in [1.82, 2.24) is 0 Å². The Kier molecular flexibility index (Phi) is 4.59. The highest BCUT2D eigenvalue weighted by atomic mass is 35.7. The maximum atomic E-state index is 11.5. The molecule has 0 amide bonds. The van der Waals surface area contributed by atoms with Crippen LogP contribution in [0.4, 0.5) is 0 Å². The fourth-order valence-corrected chi connectivity index (χ4v) is 3.40. The van der Waals surface area contributed by atoms with Gasteiger partial charge in [-0.2, -0.15) is 0 Å². The van der Waals surface area contributed by atoms with Crippen molar-refractivity contribution in [1.29, 1.82) is 0 Å². The van der Waals surface area contributed by atoms with E-state index >= 15 is 0 Å². The Balaban J connectivity index is 2.24. The molecule has 0 aliphatic rings. The maximum Gasteiger partial charge on any atom is 0.261 e. The summed E-state index contributed by atoms with van der Waals surface area (Å²) >= 11 is 0. The minimum absolute atomic E-state index is 0.129. The third-order valence-electron chi connectivity index (χ3n) is 3.21. The summed E-state index contributed by atoms with van der Waals surface area (Å²) in [7, 11) is 1.68. The van der Waals surface area contributed by atoms with E-state index in [1.807, 2.05) is 25.1 Å². The lowest BCUT2D eigenvalue weighted by molar-refractivity contribution is 0.303. The van der Waals surface area contributed by atoms with Crippen LogP contribution in [0.25, 0.3) is 0 Å². The molecule has 0 N–H and O–H groups in total. The minimum Gasteiger partial charge on any atom is -0.489 e. The van der Waals surface area contributed by atoms with E-state index in [-0.39, 0.29) is 4.90 Å². The molecule has 0 saturated heterocycles. The summed E-state index contributed by atoms with van der Waals surface area (Å²) in [4.78, 5) is 0.129. The Hall–Kier alpha value is -1.52. The van der Waals surface area contributed by atoms with Crippen molar-refractivity contribution in [2.45, 2.75) is 32.3 Å². The molecule has 5 heteroatoms. The number of hydrogen-bond acceptors (Lipinski definition) is 3. The van der Waals surface area contributed by atoms with E-state index in [2.05, 4.69) is 6.07 Å². The van der Waals surface area contributed by atoms with Gasteiger partial charge in [0.25, 0.3) is 9.05 Å². The summed E-state index contributed by atoms with van der Waals surface area (Å²) in [6, 6.07) is 11.3. The lowest BCUT2D eigenvalue weighted by Crippen LogP contribution is -2.01. The number of halogens is 1. The van der Waals surface area contributed by atoms with Crippen molar-refractivity contribution >= 4 is 19.7 Å². The first-order valence-corrected chi connectivity index (χ1v) is 8.82. The quantitative estimate of drug-likeness (QED) is 0.795. The predicted molar refractivity (Wildman–Crippen MR) is 84.5 cm³/mol. The van der Waals surface area contributed by atoms with E-state index in [1.165, 1.54) is 5.56 Å². The molecular weight excluding hydrogens is 308 g/mol. The van der Waals surface area contributed by atoms with Crippen molar-refractivity contribution in [2.75, 3.05) is 0 Å². The Morgan fingerprint density at radius 3 is 2.38 bits per heavy atom. The second kappa shape index (κ2) is 6.08. The van der Waals surface area contributed by atoms with Crippen LogP contribution in [-0.4, -0.2) is 8.42 Å². The average Bonchev–Trinajstić information content (AvgIpc) is 2.38. The van der Waals surface area contributed by atoms with E-state index < -0.39 is 9.05 Å². The highest BCUT2D eigenvalue weighted by Crippen LogP contribution is 2.28. The third-order valence-corrected chi connectivity index (χ3v) is 4.68. The van der Waals surface area contributed by atoms with Gasteiger partial charge < -0.3 is 4.74 Å². The molecule has 2 rings (SSSR count). The lowest BCUT2D eigenvalue weighted by atomic mass is 10.1. The highest BCUT2D eigenvalue weighted by molar-refractivity contribution is 8.13. The fourth-order valence-electron chi connectivity index (χ4n) is 2.14. The number of ether oxygens (including phenoxy) is 1. The molecule has 0 radical (unpaired) electrons. The fraction of sp³-hybridized carbons (Fsp3) is 0.250. The van der Waals surface area contributed by atoms with Crippen LogP contribution in [0.2, 0.25) is 0 Å². The van der Waals surface area contributed by atoms with Crippen LogP contribution in [-0.2, 0) is 15.7 Å². The van der Waals surface area contributed by atoms with Gasteiger partial charge in [0.15, 0.2) is 0 Å². The monoisotopic (exact) mass is 324 g/mol. The van der Waals surface area contributed by atoms with Crippen molar-refractivity contribution in [2.24, 2.45) is 0 Å². The molecule has 0 atom stereocenters. The van der Waals surface area contributed by atoms with Crippen LogP contribution in [0, 0.1) is 20.8 Å². The van der Waals surface area contributed by atoms with Gasteiger partial charge in [-0.05, 0) is 49.6 Å². The van der Waals surface area contributed by atoms with Gasteiger partial charge in [0, 0.05) is 10.7 Å². The minimum atomic E-state index is -3.73. The van der Waals surface area contributed by atoms with E-state index in [1.54, 1.807) is 26.0 Å². The smallest absolute Gasteiger partial charge is 0.261 e. The molecule has 0 heterocycles. The van der Waals surface area contributed by atoms with Gasteiger partial charge in [-0.3, -0.25) is 0 Å². The highest BCUT2D eigenvalue weighted by Gasteiger charge is 2.16. The zero-order chi connectivity index (χ0) is 15.6. The van der Waals surface area contributed by atoms with Gasteiger partial charge in [0.1, 0.15) is 12.4 Å². The van der Waals surface area contributed by atoms with Gasteiger partial charge in [-0.1, -0.05) is 29.8 Å². The summed E-state index contributed by atoms with van der Waals surface area (Å²) in [5, 5.41) is 0. The summed E-state index contributed by atoms with van der Waals surface area (Å²) in [5.41, 5.74) is 3.57. The molecule has 2 aromatic carbocycles. The molecule has 0 bridgehead atoms. The molecule has 0 aliphatic heterocycles. The molecule has 2 aromatic rings. The first-order valence-electron chi connectivity index (χ1n) is 6.51. The molecule has 0 aliphatic carbocycles. The normalized spacial score (nSPS) is 11.4. The van der Waals surface area contributed by atoms with E-state index in [4.69, 9.17) is 15.4 Å². The Morgan fingerprint density at radius 1 is 1.05 bits per heavy atom. The summed E-state index contributed by atoms with van der Waals surface area (Å²) in [6.45, 7) is 5.97. The van der Waals surface area contributed by atoms with Crippen molar-refractivity contribution in [3.8, 4) is 5.75 Å². The standard InChI is InChI=1S/C16H17ClO3S/c1-11-5-4-6-14(7-11)10-20-15-8-13(3)16(9-12(15)2)21(17,18)19/h4-9H,10H2,1-3H3. The molecule has 0 fully saturated rings. The van der Waals surface area contributed by atoms with Crippen LogP contribution in [0.15, 0.2) is 41.3 Å². The van der Waals surface area contributed by atoms with E-state index in [9.17, 15) is 8.42 Å². The number of hydrogen-bond donors (Lipinski definition) is 0. The van der Waals surface area contributed by atoms with Gasteiger partial charge >= 0.3 is 0 Å². The first kappa shape index (κ1) is 15.9. The Morgan fingerprint density at radius 2 is 1.76 bits per heavy atom. The van der Waals surface area contributed by atoms with Crippen LogP contribution in [0.5, 0.6) is 5.75 Å². The van der Waals surface area contributed by atoms with Crippen LogP contribution >= 0.6 is 10.7 Å². The molecule has 0 unspecified atom stereocenters. The zero-order valence-corrected chi connectivity index (χ0v) is 13.8. The summed E-state index contributed by atoms with van der Waals surface area (Å²) in [6.07, 6.45) is 0. The first-order chi connectivity index (χ1) is 9.77. The maximum absolute atomic E-state index is 11.5. The summed E-state index contributed by atoms with van der Waals surface area (Å²) in [5.74, 6) is 0.665. The van der Waals surface area contributed by atoms with Gasteiger partial charge in [-0.25, -0.2) is 8.42 Å².